The van der Waals surface area contributed by atoms with Gasteiger partial charge in [-0.2, -0.15) is 0 Å². The molecule has 0 aliphatic heterocycles. The Morgan fingerprint density at radius 3 is 1.26 bits per heavy atom. The second-order valence-electron chi connectivity index (χ2n) is 9.68. The molecule has 1 atom stereocenters. The van der Waals surface area contributed by atoms with Gasteiger partial charge < -0.3 is 61.9 Å². The molecule has 1 aromatic carbocycles. The fraction of sp³-hybridized carbons (Fsp3) is 0.758. The van der Waals surface area contributed by atoms with Crippen molar-refractivity contribution in [3.8, 4) is 5.75 Å². The minimum atomic E-state index is -0.209. The van der Waals surface area contributed by atoms with Crippen LogP contribution in [0.5, 0.6) is 5.75 Å². The first-order valence-corrected chi connectivity index (χ1v) is 16.1. The lowest BCUT2D eigenvalue weighted by Gasteiger charge is -2.18. The highest BCUT2D eigenvalue weighted by molar-refractivity contribution is 5.26. The minimum Gasteiger partial charge on any atom is -0.491 e. The van der Waals surface area contributed by atoms with Crippen molar-refractivity contribution in [2.45, 2.75) is 13.0 Å². The topological polar surface area (TPSA) is 131 Å². The molecule has 0 bridgehead atoms. The molecule has 1 rings (SSSR count). The highest BCUT2D eigenvalue weighted by Crippen LogP contribution is 2.12. The van der Waals surface area contributed by atoms with Gasteiger partial charge in [0, 0.05) is 0 Å². The Hall–Kier alpha value is -1.72. The van der Waals surface area contributed by atoms with E-state index >= 15 is 0 Å². The normalized spacial score (nSPS) is 12.0. The van der Waals surface area contributed by atoms with Gasteiger partial charge in [-0.25, -0.2) is 0 Å². The number of aryl methyl sites for hydroxylation is 1. The van der Waals surface area contributed by atoms with Gasteiger partial charge in [-0.1, -0.05) is 23.8 Å². The average molecular weight is 663 g/mol. The van der Waals surface area contributed by atoms with Crippen LogP contribution in [0.1, 0.15) is 5.56 Å². The molecule has 0 aromatic heterocycles. The molecular weight excluding hydrogens is 604 g/mol. The first-order valence-electron chi connectivity index (χ1n) is 16.1. The molecule has 13 heteroatoms. The zero-order chi connectivity index (χ0) is 33.0. The largest absolute Gasteiger partial charge is 0.491 e. The van der Waals surface area contributed by atoms with E-state index in [-0.39, 0.29) is 12.7 Å². The number of benzene rings is 1. The molecule has 46 heavy (non-hydrogen) atoms. The van der Waals surface area contributed by atoms with Crippen LogP contribution in [-0.2, 0) is 52.1 Å². The quantitative estimate of drug-likeness (QED) is 0.0825. The van der Waals surface area contributed by atoms with Crippen LogP contribution >= 0.6 is 0 Å². The van der Waals surface area contributed by atoms with E-state index in [2.05, 4.69) is 6.58 Å². The van der Waals surface area contributed by atoms with Crippen LogP contribution < -0.4 is 4.74 Å². The van der Waals surface area contributed by atoms with Crippen LogP contribution in [-0.4, -0.2) is 163 Å². The first kappa shape index (κ1) is 42.3. The van der Waals surface area contributed by atoms with Crippen LogP contribution in [0.25, 0.3) is 0 Å². The van der Waals surface area contributed by atoms with Crippen molar-refractivity contribution in [3.63, 3.8) is 0 Å². The third-order valence-corrected chi connectivity index (χ3v) is 5.79. The van der Waals surface area contributed by atoms with Gasteiger partial charge >= 0.3 is 0 Å². The standard InChI is InChI=1S/C33H58O13/c1-3-9-44-29-33(30-46-32-6-4-31(2)5-7-32)45-28-27-43-26-25-42-24-23-41-22-21-40-20-19-39-18-17-38-16-15-37-14-13-36-12-11-35-10-8-34/h3-7,33-34H,1,8-30H2,2H3. The monoisotopic (exact) mass is 662 g/mol. The van der Waals surface area contributed by atoms with E-state index in [0.29, 0.717) is 145 Å². The molecule has 13 nitrogen and oxygen atoms in total. The van der Waals surface area contributed by atoms with E-state index in [1.165, 1.54) is 5.56 Å². The Morgan fingerprint density at radius 2 is 0.891 bits per heavy atom. The van der Waals surface area contributed by atoms with Crippen molar-refractivity contribution < 1.29 is 61.9 Å². The van der Waals surface area contributed by atoms with Crippen molar-refractivity contribution in [2.75, 3.05) is 152 Å². The van der Waals surface area contributed by atoms with Crippen molar-refractivity contribution in [1.82, 2.24) is 0 Å². The lowest BCUT2D eigenvalue weighted by molar-refractivity contribution is -0.0571. The van der Waals surface area contributed by atoms with Crippen molar-refractivity contribution in [1.29, 1.82) is 0 Å². The summed E-state index contributed by atoms with van der Waals surface area (Å²) in [6.07, 6.45) is 1.50. The van der Waals surface area contributed by atoms with Crippen LogP contribution in [0.2, 0.25) is 0 Å². The summed E-state index contributed by atoms with van der Waals surface area (Å²) in [5.74, 6) is 0.799. The van der Waals surface area contributed by atoms with Crippen molar-refractivity contribution >= 4 is 0 Å². The molecule has 268 valence electrons. The maximum absolute atomic E-state index is 8.58. The SMILES string of the molecule is C=CCOCC(COc1ccc(C)cc1)OCCOCCOCCOCCOCCOCCOCCOCCOCCOCCO. The molecule has 0 radical (unpaired) electrons. The van der Waals surface area contributed by atoms with Crippen LogP contribution in [0.15, 0.2) is 36.9 Å². The van der Waals surface area contributed by atoms with E-state index < -0.39 is 0 Å². The summed E-state index contributed by atoms with van der Waals surface area (Å²) in [6.45, 7) is 16.1. The third kappa shape index (κ3) is 29.7. The second-order valence-corrected chi connectivity index (χ2v) is 9.68. The van der Waals surface area contributed by atoms with E-state index in [4.69, 9.17) is 61.9 Å². The highest BCUT2D eigenvalue weighted by Gasteiger charge is 2.11. The average Bonchev–Trinajstić information content (AvgIpc) is 3.07. The van der Waals surface area contributed by atoms with Gasteiger partial charge in [0.1, 0.15) is 18.5 Å². The molecule has 0 heterocycles. The van der Waals surface area contributed by atoms with Crippen LogP contribution in [0.4, 0.5) is 0 Å². The summed E-state index contributed by atoms with van der Waals surface area (Å²) in [6, 6.07) is 7.90. The lowest BCUT2D eigenvalue weighted by atomic mass is 10.2. The highest BCUT2D eigenvalue weighted by atomic mass is 16.6. The van der Waals surface area contributed by atoms with Crippen molar-refractivity contribution in [3.05, 3.63) is 42.5 Å². The smallest absolute Gasteiger partial charge is 0.119 e. The number of rotatable bonds is 37. The zero-order valence-corrected chi connectivity index (χ0v) is 27.8. The minimum absolute atomic E-state index is 0.0233. The summed E-state index contributed by atoms with van der Waals surface area (Å²) in [4.78, 5) is 0. The van der Waals surface area contributed by atoms with Gasteiger partial charge in [0.15, 0.2) is 0 Å². The summed E-state index contributed by atoms with van der Waals surface area (Å²) in [5.41, 5.74) is 1.18. The third-order valence-electron chi connectivity index (χ3n) is 5.79. The van der Waals surface area contributed by atoms with E-state index in [1.54, 1.807) is 6.08 Å². The number of aliphatic hydroxyl groups is 1. The summed E-state index contributed by atoms with van der Waals surface area (Å²) in [7, 11) is 0. The number of hydrogen-bond donors (Lipinski definition) is 1. The predicted molar refractivity (Wildman–Crippen MR) is 172 cm³/mol. The molecule has 1 unspecified atom stereocenters. The Balaban J connectivity index is 1.78. The molecule has 1 N–H and O–H groups in total. The Labute approximate surface area is 275 Å². The van der Waals surface area contributed by atoms with E-state index in [0.717, 1.165) is 5.75 Å². The van der Waals surface area contributed by atoms with Gasteiger partial charge in [0.2, 0.25) is 0 Å². The fourth-order valence-corrected chi connectivity index (χ4v) is 3.45. The van der Waals surface area contributed by atoms with Gasteiger partial charge in [-0.15, -0.1) is 6.58 Å². The molecule has 0 aliphatic rings. The zero-order valence-electron chi connectivity index (χ0n) is 27.8. The first-order chi connectivity index (χ1) is 22.8. The maximum atomic E-state index is 8.58. The Kier molecular flexibility index (Phi) is 31.8. The molecule has 0 saturated carbocycles. The van der Waals surface area contributed by atoms with Gasteiger partial charge in [0.05, 0.1) is 145 Å². The van der Waals surface area contributed by atoms with Gasteiger partial charge in [0.25, 0.3) is 0 Å². The Morgan fingerprint density at radius 1 is 0.522 bits per heavy atom. The molecule has 0 aliphatic carbocycles. The van der Waals surface area contributed by atoms with E-state index in [9.17, 15) is 0 Å². The number of aliphatic hydroxyl groups excluding tert-OH is 1. The predicted octanol–water partition coefficient (Wildman–Crippen LogP) is 2.10. The number of hydrogen-bond acceptors (Lipinski definition) is 13. The lowest BCUT2D eigenvalue weighted by Crippen LogP contribution is -2.29. The molecule has 0 fully saturated rings. The molecule has 1 aromatic rings. The maximum Gasteiger partial charge on any atom is 0.119 e. The molecule has 0 saturated heterocycles. The van der Waals surface area contributed by atoms with Crippen LogP contribution in [0, 0.1) is 6.92 Å². The summed E-state index contributed by atoms with van der Waals surface area (Å²) in [5, 5.41) is 8.58. The van der Waals surface area contributed by atoms with Crippen molar-refractivity contribution in [2.24, 2.45) is 0 Å². The number of ether oxygens (including phenoxy) is 12. The van der Waals surface area contributed by atoms with Gasteiger partial charge in [-0.05, 0) is 19.1 Å². The molecular formula is C33H58O13. The van der Waals surface area contributed by atoms with E-state index in [1.807, 2.05) is 31.2 Å². The summed E-state index contributed by atoms with van der Waals surface area (Å²) < 4.78 is 66.1. The summed E-state index contributed by atoms with van der Waals surface area (Å²) >= 11 is 0. The second kappa shape index (κ2) is 34.6. The Bertz CT molecular complexity index is 754. The van der Waals surface area contributed by atoms with Crippen LogP contribution in [0.3, 0.4) is 0 Å². The van der Waals surface area contributed by atoms with Gasteiger partial charge in [-0.3, -0.25) is 0 Å². The molecule has 0 amide bonds. The molecule has 0 spiro atoms. The fourth-order valence-electron chi connectivity index (χ4n) is 3.45.